The molecule has 6 heteroatoms. The Balaban J connectivity index is 1.68. The Bertz CT molecular complexity index is 927. The minimum absolute atomic E-state index is 0.284. The quantitative estimate of drug-likeness (QED) is 0.212. The maximum absolute atomic E-state index is 13.7. The highest BCUT2D eigenvalue weighted by Crippen LogP contribution is 2.29. The molecule has 0 fully saturated rings. The summed E-state index contributed by atoms with van der Waals surface area (Å²) in [6.45, 7) is 6.57. The number of hydrogen-bond donors (Lipinski definition) is 0. The summed E-state index contributed by atoms with van der Waals surface area (Å²) in [4.78, 5) is 0. The second-order valence-corrected chi connectivity index (χ2v) is 7.68. The topological polar surface area (TPSA) is 39.9 Å². The van der Waals surface area contributed by atoms with Crippen molar-refractivity contribution in [1.29, 1.82) is 0 Å². The highest BCUT2D eigenvalue weighted by atomic mass is 32.2. The van der Waals surface area contributed by atoms with Gasteiger partial charge in [0.15, 0.2) is 11.0 Å². The predicted octanol–water partition coefficient (Wildman–Crippen LogP) is 6.28. The monoisotopic (exact) mass is 411 g/mol. The van der Waals surface area contributed by atoms with Crippen LogP contribution in [0.1, 0.15) is 32.6 Å². The zero-order valence-corrected chi connectivity index (χ0v) is 17.5. The fourth-order valence-corrected chi connectivity index (χ4v) is 3.98. The van der Waals surface area contributed by atoms with E-state index in [0.717, 1.165) is 48.0 Å². The van der Waals surface area contributed by atoms with Crippen molar-refractivity contribution in [2.45, 2.75) is 37.8 Å². The van der Waals surface area contributed by atoms with Gasteiger partial charge in [0.2, 0.25) is 0 Å². The number of thioether (sulfide) groups is 1. The molecule has 0 aliphatic carbocycles. The average Bonchev–Trinajstić information content (AvgIpc) is 3.15. The normalized spacial score (nSPS) is 10.8. The van der Waals surface area contributed by atoms with E-state index < -0.39 is 0 Å². The molecule has 0 saturated heterocycles. The standard InChI is InChI=1S/C23H26FN3OS/c1-3-28-18(2)11-6-5-9-16-29-23-26-25-22(19-12-10-13-20(24)17-19)27(23)21-14-7-4-8-15-21/h4,7-8,10,12-15,17H,2-3,5-6,9,11,16H2,1H3. The van der Waals surface area contributed by atoms with Gasteiger partial charge in [0.05, 0.1) is 12.4 Å². The van der Waals surface area contributed by atoms with E-state index in [-0.39, 0.29) is 5.82 Å². The van der Waals surface area contributed by atoms with Crippen molar-refractivity contribution in [2.75, 3.05) is 12.4 Å². The first-order valence-electron chi connectivity index (χ1n) is 9.89. The Morgan fingerprint density at radius 3 is 2.66 bits per heavy atom. The smallest absolute Gasteiger partial charge is 0.196 e. The Hall–Kier alpha value is -2.60. The fourth-order valence-electron chi connectivity index (χ4n) is 3.03. The van der Waals surface area contributed by atoms with Crippen LogP contribution in [0.15, 0.2) is 72.1 Å². The summed E-state index contributed by atoms with van der Waals surface area (Å²) in [6, 6.07) is 16.4. The largest absolute Gasteiger partial charge is 0.499 e. The molecular weight excluding hydrogens is 385 g/mol. The molecule has 0 saturated carbocycles. The molecule has 0 radical (unpaired) electrons. The van der Waals surface area contributed by atoms with E-state index in [2.05, 4.69) is 16.8 Å². The summed E-state index contributed by atoms with van der Waals surface area (Å²) in [5.41, 5.74) is 1.68. The fraction of sp³-hybridized carbons (Fsp3) is 0.304. The van der Waals surface area contributed by atoms with Crippen LogP contribution in [0.5, 0.6) is 0 Å². The average molecular weight is 412 g/mol. The molecule has 0 N–H and O–H groups in total. The summed E-state index contributed by atoms with van der Waals surface area (Å²) in [5.74, 6) is 2.16. The maximum atomic E-state index is 13.7. The zero-order valence-electron chi connectivity index (χ0n) is 16.7. The lowest BCUT2D eigenvalue weighted by molar-refractivity contribution is 0.218. The van der Waals surface area contributed by atoms with E-state index in [4.69, 9.17) is 4.74 Å². The van der Waals surface area contributed by atoms with Gasteiger partial charge < -0.3 is 4.74 Å². The molecule has 0 aliphatic rings. The molecule has 0 spiro atoms. The van der Waals surface area contributed by atoms with Crippen molar-refractivity contribution >= 4 is 11.8 Å². The maximum Gasteiger partial charge on any atom is 0.196 e. The lowest BCUT2D eigenvalue weighted by atomic mass is 10.2. The Morgan fingerprint density at radius 2 is 1.90 bits per heavy atom. The summed E-state index contributed by atoms with van der Waals surface area (Å²) >= 11 is 1.67. The van der Waals surface area contributed by atoms with Gasteiger partial charge in [-0.3, -0.25) is 4.57 Å². The van der Waals surface area contributed by atoms with Gasteiger partial charge in [0, 0.05) is 23.4 Å². The highest BCUT2D eigenvalue weighted by molar-refractivity contribution is 7.99. The first kappa shape index (κ1) is 21.1. The Labute approximate surface area is 175 Å². The third-order valence-electron chi connectivity index (χ3n) is 4.41. The summed E-state index contributed by atoms with van der Waals surface area (Å²) in [6.07, 6.45) is 4.15. The number of ether oxygens (including phenoxy) is 1. The van der Waals surface area contributed by atoms with Crippen LogP contribution in [0.2, 0.25) is 0 Å². The summed E-state index contributed by atoms with van der Waals surface area (Å²) < 4.78 is 21.1. The second kappa shape index (κ2) is 10.8. The molecule has 152 valence electrons. The molecule has 0 atom stereocenters. The van der Waals surface area contributed by atoms with Crippen molar-refractivity contribution in [3.05, 3.63) is 72.8 Å². The molecule has 2 aromatic carbocycles. The van der Waals surface area contributed by atoms with Gasteiger partial charge in [-0.15, -0.1) is 10.2 Å². The molecule has 0 amide bonds. The van der Waals surface area contributed by atoms with Gasteiger partial charge in [-0.05, 0) is 44.0 Å². The van der Waals surface area contributed by atoms with Crippen molar-refractivity contribution in [2.24, 2.45) is 0 Å². The second-order valence-electron chi connectivity index (χ2n) is 6.62. The number of benzene rings is 2. The number of nitrogens with zero attached hydrogens (tertiary/aromatic N) is 3. The lowest BCUT2D eigenvalue weighted by Gasteiger charge is -2.10. The number of unbranched alkanes of at least 4 members (excludes halogenated alkanes) is 2. The third-order valence-corrected chi connectivity index (χ3v) is 5.43. The van der Waals surface area contributed by atoms with Gasteiger partial charge in [0.1, 0.15) is 5.82 Å². The van der Waals surface area contributed by atoms with E-state index in [0.29, 0.717) is 18.0 Å². The van der Waals surface area contributed by atoms with Crippen molar-refractivity contribution in [1.82, 2.24) is 14.8 Å². The first-order valence-corrected chi connectivity index (χ1v) is 10.9. The number of allylic oxidation sites excluding steroid dienone is 1. The molecule has 3 rings (SSSR count). The lowest BCUT2D eigenvalue weighted by Crippen LogP contribution is -2.00. The van der Waals surface area contributed by atoms with Crippen LogP contribution in [0.25, 0.3) is 17.1 Å². The number of halogens is 1. The van der Waals surface area contributed by atoms with Crippen molar-refractivity contribution in [3.8, 4) is 17.1 Å². The van der Waals surface area contributed by atoms with Crippen LogP contribution < -0.4 is 0 Å². The molecule has 1 aromatic heterocycles. The van der Waals surface area contributed by atoms with Gasteiger partial charge in [-0.25, -0.2) is 4.39 Å². The zero-order chi connectivity index (χ0) is 20.5. The van der Waals surface area contributed by atoms with E-state index in [1.807, 2.05) is 47.9 Å². The highest BCUT2D eigenvalue weighted by Gasteiger charge is 2.16. The molecule has 0 aliphatic heterocycles. The predicted molar refractivity (Wildman–Crippen MR) is 117 cm³/mol. The van der Waals surface area contributed by atoms with E-state index in [9.17, 15) is 4.39 Å². The third kappa shape index (κ3) is 5.94. The van der Waals surface area contributed by atoms with Gasteiger partial charge >= 0.3 is 0 Å². The molecule has 3 aromatic rings. The minimum Gasteiger partial charge on any atom is -0.499 e. The number of hydrogen-bond acceptors (Lipinski definition) is 4. The van der Waals surface area contributed by atoms with Gasteiger partial charge in [0.25, 0.3) is 0 Å². The van der Waals surface area contributed by atoms with Crippen LogP contribution in [0.3, 0.4) is 0 Å². The molecule has 0 unspecified atom stereocenters. The molecular formula is C23H26FN3OS. The van der Waals surface area contributed by atoms with Crippen molar-refractivity contribution < 1.29 is 9.13 Å². The Kier molecular flexibility index (Phi) is 7.87. The molecule has 1 heterocycles. The molecule has 29 heavy (non-hydrogen) atoms. The van der Waals surface area contributed by atoms with Crippen LogP contribution >= 0.6 is 11.8 Å². The van der Waals surface area contributed by atoms with Crippen LogP contribution in [0.4, 0.5) is 4.39 Å². The first-order chi connectivity index (χ1) is 14.2. The SMILES string of the molecule is C=C(CCCCCSc1nnc(-c2cccc(F)c2)n1-c1ccccc1)OCC. The van der Waals surface area contributed by atoms with E-state index >= 15 is 0 Å². The molecule has 0 bridgehead atoms. The van der Waals surface area contributed by atoms with Gasteiger partial charge in [-0.1, -0.05) is 55.1 Å². The number of rotatable bonds is 11. The summed E-state index contributed by atoms with van der Waals surface area (Å²) in [7, 11) is 0. The van der Waals surface area contributed by atoms with E-state index in [1.54, 1.807) is 17.8 Å². The van der Waals surface area contributed by atoms with Crippen LogP contribution in [-0.2, 0) is 4.74 Å². The van der Waals surface area contributed by atoms with Crippen LogP contribution in [-0.4, -0.2) is 27.1 Å². The van der Waals surface area contributed by atoms with Gasteiger partial charge in [-0.2, -0.15) is 0 Å². The summed E-state index contributed by atoms with van der Waals surface area (Å²) in [5, 5.41) is 9.56. The van der Waals surface area contributed by atoms with E-state index in [1.165, 1.54) is 12.1 Å². The minimum atomic E-state index is -0.284. The van der Waals surface area contributed by atoms with Crippen LogP contribution in [0, 0.1) is 5.82 Å². The molecule has 4 nitrogen and oxygen atoms in total. The Morgan fingerprint density at radius 1 is 1.07 bits per heavy atom. The number of para-hydroxylation sites is 1. The number of aromatic nitrogens is 3. The van der Waals surface area contributed by atoms with Crippen molar-refractivity contribution in [3.63, 3.8) is 0 Å².